The summed E-state index contributed by atoms with van der Waals surface area (Å²) in [6.07, 6.45) is 0. The monoisotopic (exact) mass is 541 g/mol. The minimum atomic E-state index is 0.344. The lowest BCUT2D eigenvalue weighted by molar-refractivity contribution is 0.479. The van der Waals surface area contributed by atoms with Gasteiger partial charge in [-0.25, -0.2) is 0 Å². The highest BCUT2D eigenvalue weighted by atomic mass is 32.2. The summed E-state index contributed by atoms with van der Waals surface area (Å²) in [5.74, 6) is 2.77. The Morgan fingerprint density at radius 1 is 0.641 bits per heavy atom. The van der Waals surface area contributed by atoms with Crippen LogP contribution in [0.15, 0.2) is 59.7 Å². The summed E-state index contributed by atoms with van der Waals surface area (Å²) >= 11 is 1.88. The van der Waals surface area contributed by atoms with Crippen LogP contribution in [0.4, 0.5) is 5.69 Å². The van der Waals surface area contributed by atoms with E-state index < -0.39 is 0 Å². The van der Waals surface area contributed by atoms with E-state index in [1.807, 2.05) is 11.9 Å². The quantitative estimate of drug-likeness (QED) is 0.238. The Morgan fingerprint density at radius 2 is 1.03 bits per heavy atom. The van der Waals surface area contributed by atoms with E-state index in [0.717, 1.165) is 29.1 Å². The SMILES string of the molecule is CC1=C(C)CN(c2cc(-c3c(C(C)C)cccc3C(C)C)c(O)c(-c3c(C(C)C)cccc3C(C)C)c2)SC1. The van der Waals surface area contributed by atoms with Gasteiger partial charge in [0.05, 0.1) is 6.54 Å². The van der Waals surface area contributed by atoms with Gasteiger partial charge in [-0.3, -0.25) is 0 Å². The molecule has 1 heterocycles. The Morgan fingerprint density at radius 3 is 1.36 bits per heavy atom. The topological polar surface area (TPSA) is 23.5 Å². The van der Waals surface area contributed by atoms with Crippen molar-refractivity contribution in [3.63, 3.8) is 0 Å². The van der Waals surface area contributed by atoms with E-state index in [1.165, 1.54) is 44.5 Å². The lowest BCUT2D eigenvalue weighted by atomic mass is 9.81. The minimum absolute atomic E-state index is 0.344. The molecule has 0 atom stereocenters. The van der Waals surface area contributed by atoms with Crippen molar-refractivity contribution in [2.24, 2.45) is 0 Å². The first-order chi connectivity index (χ1) is 18.4. The maximum atomic E-state index is 12.3. The van der Waals surface area contributed by atoms with Gasteiger partial charge in [-0.15, -0.1) is 0 Å². The lowest BCUT2D eigenvalue weighted by Gasteiger charge is -2.31. The van der Waals surface area contributed by atoms with Gasteiger partial charge < -0.3 is 9.41 Å². The van der Waals surface area contributed by atoms with E-state index in [2.05, 4.69) is 122 Å². The first-order valence-electron chi connectivity index (χ1n) is 14.6. The number of hydrogen-bond acceptors (Lipinski definition) is 3. The molecule has 208 valence electrons. The van der Waals surface area contributed by atoms with E-state index in [-0.39, 0.29) is 0 Å². The molecule has 3 aromatic rings. The van der Waals surface area contributed by atoms with Crippen LogP contribution >= 0.6 is 11.9 Å². The van der Waals surface area contributed by atoms with Crippen molar-refractivity contribution < 1.29 is 5.11 Å². The molecule has 1 N–H and O–H groups in total. The van der Waals surface area contributed by atoms with Crippen molar-refractivity contribution in [1.82, 2.24) is 0 Å². The fourth-order valence-electron chi connectivity index (χ4n) is 5.73. The lowest BCUT2D eigenvalue weighted by Crippen LogP contribution is -2.23. The second-order valence-electron chi connectivity index (χ2n) is 12.5. The first-order valence-corrected chi connectivity index (χ1v) is 15.6. The van der Waals surface area contributed by atoms with Gasteiger partial charge in [0.1, 0.15) is 5.75 Å². The van der Waals surface area contributed by atoms with E-state index in [9.17, 15) is 5.11 Å². The fraction of sp³-hybridized carbons (Fsp3) is 0.444. The summed E-state index contributed by atoms with van der Waals surface area (Å²) in [6, 6.07) is 17.8. The second kappa shape index (κ2) is 11.8. The molecule has 0 spiro atoms. The van der Waals surface area contributed by atoms with Crippen molar-refractivity contribution in [3.8, 4) is 28.0 Å². The summed E-state index contributed by atoms with van der Waals surface area (Å²) in [7, 11) is 0. The summed E-state index contributed by atoms with van der Waals surface area (Å²) < 4.78 is 2.43. The highest BCUT2D eigenvalue weighted by molar-refractivity contribution is 8.00. The van der Waals surface area contributed by atoms with Crippen LogP contribution in [0.1, 0.15) is 115 Å². The van der Waals surface area contributed by atoms with Gasteiger partial charge in [0.2, 0.25) is 0 Å². The number of hydrogen-bond donors (Lipinski definition) is 1. The highest BCUT2D eigenvalue weighted by Gasteiger charge is 2.26. The van der Waals surface area contributed by atoms with Crippen molar-refractivity contribution in [2.75, 3.05) is 16.6 Å². The van der Waals surface area contributed by atoms with Gasteiger partial charge in [-0.05, 0) is 95.0 Å². The number of anilines is 1. The average molecular weight is 542 g/mol. The van der Waals surface area contributed by atoms with Gasteiger partial charge in [0, 0.05) is 22.6 Å². The van der Waals surface area contributed by atoms with E-state index in [0.29, 0.717) is 29.4 Å². The van der Waals surface area contributed by atoms with Gasteiger partial charge in [0.25, 0.3) is 0 Å². The van der Waals surface area contributed by atoms with Crippen LogP contribution in [-0.4, -0.2) is 17.4 Å². The van der Waals surface area contributed by atoms with Gasteiger partial charge in [-0.1, -0.05) is 103 Å². The molecule has 0 bridgehead atoms. The Labute approximate surface area is 241 Å². The molecule has 2 nitrogen and oxygen atoms in total. The summed E-state index contributed by atoms with van der Waals surface area (Å²) in [6.45, 7) is 23.4. The highest BCUT2D eigenvalue weighted by Crippen LogP contribution is 2.50. The Balaban J connectivity index is 2.13. The van der Waals surface area contributed by atoms with Gasteiger partial charge in [-0.2, -0.15) is 0 Å². The number of rotatable bonds is 7. The average Bonchev–Trinajstić information content (AvgIpc) is 2.89. The maximum absolute atomic E-state index is 12.3. The summed E-state index contributed by atoms with van der Waals surface area (Å²) in [5, 5.41) is 12.3. The molecule has 39 heavy (non-hydrogen) atoms. The smallest absolute Gasteiger partial charge is 0.131 e. The van der Waals surface area contributed by atoms with Crippen molar-refractivity contribution >= 4 is 17.6 Å². The third kappa shape index (κ3) is 5.80. The molecule has 0 fully saturated rings. The normalized spacial score (nSPS) is 14.5. The molecule has 0 radical (unpaired) electrons. The zero-order chi connectivity index (χ0) is 28.6. The van der Waals surface area contributed by atoms with E-state index in [4.69, 9.17) is 0 Å². The minimum Gasteiger partial charge on any atom is -0.507 e. The van der Waals surface area contributed by atoms with Gasteiger partial charge in [0.15, 0.2) is 0 Å². The predicted molar refractivity (Wildman–Crippen MR) is 174 cm³/mol. The molecule has 3 aromatic carbocycles. The predicted octanol–water partition coefficient (Wildman–Crippen LogP) is 11.0. The van der Waals surface area contributed by atoms with Crippen molar-refractivity contribution in [1.29, 1.82) is 0 Å². The maximum Gasteiger partial charge on any atom is 0.131 e. The zero-order valence-electron chi connectivity index (χ0n) is 25.6. The van der Waals surface area contributed by atoms with Crippen molar-refractivity contribution in [2.45, 2.75) is 92.9 Å². The van der Waals surface area contributed by atoms with Crippen LogP contribution in [0.3, 0.4) is 0 Å². The van der Waals surface area contributed by atoms with E-state index >= 15 is 0 Å². The number of nitrogens with zero attached hydrogens (tertiary/aromatic N) is 1. The Bertz CT molecular complexity index is 1240. The third-order valence-electron chi connectivity index (χ3n) is 8.21. The molecule has 1 aliphatic heterocycles. The number of phenolic OH excluding ortho intramolecular Hbond substituents is 1. The molecule has 4 rings (SSSR count). The van der Waals surface area contributed by atoms with Crippen molar-refractivity contribution in [3.05, 3.63) is 81.9 Å². The number of benzene rings is 3. The largest absolute Gasteiger partial charge is 0.507 e. The second-order valence-corrected chi connectivity index (χ2v) is 13.5. The first kappa shape index (κ1) is 29.3. The molecule has 0 unspecified atom stereocenters. The number of phenols is 1. The molecule has 0 aromatic heterocycles. The third-order valence-corrected chi connectivity index (χ3v) is 9.43. The molecule has 0 saturated carbocycles. The molecular formula is C36H47NOS. The Kier molecular flexibility index (Phi) is 8.91. The molecular weight excluding hydrogens is 494 g/mol. The number of aromatic hydroxyl groups is 1. The molecule has 0 amide bonds. The molecule has 0 aliphatic carbocycles. The van der Waals surface area contributed by atoms with Crippen LogP contribution in [0, 0.1) is 0 Å². The molecule has 0 saturated heterocycles. The van der Waals surface area contributed by atoms with Crippen LogP contribution in [0.2, 0.25) is 0 Å². The summed E-state index contributed by atoms with van der Waals surface area (Å²) in [4.78, 5) is 0. The van der Waals surface area contributed by atoms with Crippen LogP contribution in [-0.2, 0) is 0 Å². The van der Waals surface area contributed by atoms with E-state index in [1.54, 1.807) is 0 Å². The van der Waals surface area contributed by atoms with Crippen LogP contribution in [0.25, 0.3) is 22.3 Å². The fourth-order valence-corrected chi connectivity index (χ4v) is 6.86. The summed E-state index contributed by atoms with van der Waals surface area (Å²) in [5.41, 5.74) is 13.5. The molecule has 3 heteroatoms. The molecule has 1 aliphatic rings. The Hall–Kier alpha value is -2.65. The zero-order valence-corrected chi connectivity index (χ0v) is 26.5. The van der Waals surface area contributed by atoms with Crippen LogP contribution < -0.4 is 4.31 Å². The standard InChI is InChI=1S/C36H47NOS/c1-21(2)28-13-11-14-29(22(3)4)34(28)32-17-27(37-19-25(9)26(10)20-39-37)18-33(36(32)38)35-30(23(5)6)15-12-16-31(35)24(7)8/h11-18,21-24,38H,19-20H2,1-10H3. The van der Waals surface area contributed by atoms with Gasteiger partial charge >= 0.3 is 0 Å². The van der Waals surface area contributed by atoms with Crippen LogP contribution in [0.5, 0.6) is 5.75 Å².